The summed E-state index contributed by atoms with van der Waals surface area (Å²) >= 11 is 0. The van der Waals surface area contributed by atoms with Gasteiger partial charge < -0.3 is 11.1 Å². The zero-order chi connectivity index (χ0) is 12.1. The fourth-order valence-corrected chi connectivity index (χ4v) is 1.59. The van der Waals surface area contributed by atoms with Crippen molar-refractivity contribution in [3.8, 4) is 11.8 Å². The van der Waals surface area contributed by atoms with Crippen LogP contribution >= 0.6 is 0 Å². The molecule has 0 aromatic heterocycles. The summed E-state index contributed by atoms with van der Waals surface area (Å²) < 4.78 is 0. The minimum absolute atomic E-state index is 0.105. The zero-order valence-electron chi connectivity index (χ0n) is 9.70. The van der Waals surface area contributed by atoms with Crippen LogP contribution in [0.1, 0.15) is 24.8 Å². The van der Waals surface area contributed by atoms with Crippen molar-refractivity contribution in [1.29, 1.82) is 0 Å². The summed E-state index contributed by atoms with van der Waals surface area (Å²) in [4.78, 5) is 11.6. The number of amides is 1. The van der Waals surface area contributed by atoms with Gasteiger partial charge in [0, 0.05) is 17.7 Å². The van der Waals surface area contributed by atoms with Gasteiger partial charge in [-0.25, -0.2) is 0 Å². The van der Waals surface area contributed by atoms with Crippen LogP contribution in [0.15, 0.2) is 24.3 Å². The van der Waals surface area contributed by atoms with E-state index in [-0.39, 0.29) is 5.91 Å². The fraction of sp³-hybridized carbons (Fsp3) is 0.357. The van der Waals surface area contributed by atoms with E-state index in [1.54, 1.807) is 0 Å². The van der Waals surface area contributed by atoms with Gasteiger partial charge in [-0.3, -0.25) is 4.79 Å². The Balaban J connectivity index is 1.90. The van der Waals surface area contributed by atoms with Crippen LogP contribution in [0.25, 0.3) is 0 Å². The van der Waals surface area contributed by atoms with Crippen LogP contribution in [0.2, 0.25) is 0 Å². The highest BCUT2D eigenvalue weighted by Gasteiger charge is 2.24. The van der Waals surface area contributed by atoms with Gasteiger partial charge >= 0.3 is 0 Å². The van der Waals surface area contributed by atoms with E-state index in [2.05, 4.69) is 17.2 Å². The highest BCUT2D eigenvalue weighted by atomic mass is 16.1. The predicted octanol–water partition coefficient (Wildman–Crippen LogP) is 1.74. The quantitative estimate of drug-likeness (QED) is 0.774. The Bertz CT molecular complexity index is 449. The largest absolute Gasteiger partial charge is 0.326 e. The van der Waals surface area contributed by atoms with Crippen molar-refractivity contribution in [2.75, 3.05) is 11.9 Å². The van der Waals surface area contributed by atoms with Crippen LogP contribution < -0.4 is 11.1 Å². The number of hydrogen-bond donors (Lipinski definition) is 2. The van der Waals surface area contributed by atoms with Crippen LogP contribution in [-0.4, -0.2) is 12.5 Å². The summed E-state index contributed by atoms with van der Waals surface area (Å²) in [6.45, 7) is 0.361. The molecule has 0 bridgehead atoms. The number of carbonyl (C=O) groups excluding carboxylic acids is 1. The molecule has 88 valence electrons. The summed E-state index contributed by atoms with van der Waals surface area (Å²) in [5.41, 5.74) is 7.03. The lowest BCUT2D eigenvalue weighted by Crippen LogP contribution is -2.11. The van der Waals surface area contributed by atoms with E-state index in [1.807, 2.05) is 24.3 Å². The molecule has 0 spiro atoms. The summed E-state index contributed by atoms with van der Waals surface area (Å²) in [6.07, 6.45) is 3.04. The van der Waals surface area contributed by atoms with E-state index in [1.165, 1.54) is 12.8 Å². The highest BCUT2D eigenvalue weighted by Crippen LogP contribution is 2.32. The third-order valence-corrected chi connectivity index (χ3v) is 2.67. The summed E-state index contributed by atoms with van der Waals surface area (Å²) in [6, 6.07) is 7.50. The van der Waals surface area contributed by atoms with Gasteiger partial charge in [-0.2, -0.15) is 0 Å². The number of benzene rings is 1. The molecule has 0 saturated heterocycles. The first-order valence-corrected chi connectivity index (χ1v) is 5.87. The van der Waals surface area contributed by atoms with Gasteiger partial charge in [0.05, 0.1) is 6.54 Å². The lowest BCUT2D eigenvalue weighted by atomic mass is 10.2. The first kappa shape index (κ1) is 11.7. The topological polar surface area (TPSA) is 55.1 Å². The van der Waals surface area contributed by atoms with Crippen molar-refractivity contribution in [3.63, 3.8) is 0 Å². The normalized spacial score (nSPS) is 13.7. The molecule has 0 heterocycles. The molecule has 1 aliphatic carbocycles. The Morgan fingerprint density at radius 1 is 1.35 bits per heavy atom. The SMILES string of the molecule is NCC#Cc1ccc(NC(=O)CC2CC2)cc1. The Kier molecular flexibility index (Phi) is 3.79. The molecule has 0 unspecified atom stereocenters. The fourth-order valence-electron chi connectivity index (χ4n) is 1.59. The molecular weight excluding hydrogens is 212 g/mol. The maximum atomic E-state index is 11.6. The second kappa shape index (κ2) is 5.51. The van der Waals surface area contributed by atoms with Crippen molar-refractivity contribution in [2.45, 2.75) is 19.3 Å². The molecule has 3 N–H and O–H groups in total. The zero-order valence-corrected chi connectivity index (χ0v) is 9.70. The average Bonchev–Trinajstić information content (AvgIpc) is 3.12. The van der Waals surface area contributed by atoms with Crippen molar-refractivity contribution in [3.05, 3.63) is 29.8 Å². The average molecular weight is 228 g/mol. The van der Waals surface area contributed by atoms with E-state index >= 15 is 0 Å². The van der Waals surface area contributed by atoms with Gasteiger partial charge in [-0.05, 0) is 43.0 Å². The smallest absolute Gasteiger partial charge is 0.224 e. The summed E-state index contributed by atoms with van der Waals surface area (Å²) in [5.74, 6) is 6.45. The first-order chi connectivity index (χ1) is 8.28. The van der Waals surface area contributed by atoms with Crippen molar-refractivity contribution < 1.29 is 4.79 Å². The third kappa shape index (κ3) is 3.93. The minimum atomic E-state index is 0.105. The van der Waals surface area contributed by atoms with Gasteiger partial charge in [-0.15, -0.1) is 0 Å². The molecule has 0 atom stereocenters. The number of anilines is 1. The molecule has 1 amide bonds. The molecule has 17 heavy (non-hydrogen) atoms. The maximum absolute atomic E-state index is 11.6. The Hall–Kier alpha value is -1.79. The number of nitrogens with two attached hydrogens (primary N) is 1. The van der Waals surface area contributed by atoms with Gasteiger partial charge in [0.15, 0.2) is 0 Å². The highest BCUT2D eigenvalue weighted by molar-refractivity contribution is 5.91. The molecule has 2 rings (SSSR count). The van der Waals surface area contributed by atoms with Crippen LogP contribution in [0.3, 0.4) is 0 Å². The number of rotatable bonds is 3. The Morgan fingerprint density at radius 3 is 2.65 bits per heavy atom. The van der Waals surface area contributed by atoms with Crippen LogP contribution in [-0.2, 0) is 4.79 Å². The lowest BCUT2D eigenvalue weighted by molar-refractivity contribution is -0.116. The number of hydrogen-bond acceptors (Lipinski definition) is 2. The molecule has 0 aliphatic heterocycles. The molecule has 1 aliphatic rings. The number of carbonyl (C=O) groups is 1. The van der Waals surface area contributed by atoms with Gasteiger partial charge in [0.25, 0.3) is 0 Å². The van der Waals surface area contributed by atoms with Crippen molar-refractivity contribution in [2.24, 2.45) is 11.7 Å². The first-order valence-electron chi connectivity index (χ1n) is 5.87. The monoisotopic (exact) mass is 228 g/mol. The molecular formula is C14H16N2O. The van der Waals surface area contributed by atoms with E-state index in [0.717, 1.165) is 11.3 Å². The Morgan fingerprint density at radius 2 is 2.06 bits per heavy atom. The summed E-state index contributed by atoms with van der Waals surface area (Å²) in [5, 5.41) is 2.88. The van der Waals surface area contributed by atoms with Crippen molar-refractivity contribution >= 4 is 11.6 Å². The molecule has 3 nitrogen and oxygen atoms in total. The van der Waals surface area contributed by atoms with Crippen molar-refractivity contribution in [1.82, 2.24) is 0 Å². The van der Waals surface area contributed by atoms with E-state index in [9.17, 15) is 4.79 Å². The molecule has 1 aromatic rings. The predicted molar refractivity (Wildman–Crippen MR) is 68.3 cm³/mol. The van der Waals surface area contributed by atoms with Gasteiger partial charge in [-0.1, -0.05) is 11.8 Å². The second-order valence-electron chi connectivity index (χ2n) is 4.28. The minimum Gasteiger partial charge on any atom is -0.326 e. The molecule has 1 aromatic carbocycles. The third-order valence-electron chi connectivity index (χ3n) is 2.67. The van der Waals surface area contributed by atoms with E-state index in [4.69, 9.17) is 5.73 Å². The van der Waals surface area contributed by atoms with E-state index < -0.39 is 0 Å². The van der Waals surface area contributed by atoms with Gasteiger partial charge in [0.1, 0.15) is 0 Å². The van der Waals surface area contributed by atoms with Crippen LogP contribution in [0, 0.1) is 17.8 Å². The number of nitrogens with one attached hydrogen (secondary N) is 1. The Labute approximate surface area is 101 Å². The standard InChI is InChI=1S/C14H16N2O/c15-9-1-2-11-5-7-13(8-6-11)16-14(17)10-12-3-4-12/h5-8,12H,3-4,9-10,15H2,(H,16,17). The molecule has 3 heteroatoms. The van der Waals surface area contributed by atoms with Crippen LogP contribution in [0.4, 0.5) is 5.69 Å². The van der Waals surface area contributed by atoms with E-state index in [0.29, 0.717) is 18.9 Å². The van der Waals surface area contributed by atoms with Gasteiger partial charge in [0.2, 0.25) is 5.91 Å². The lowest BCUT2D eigenvalue weighted by Gasteiger charge is -2.04. The summed E-state index contributed by atoms with van der Waals surface area (Å²) in [7, 11) is 0. The molecule has 0 radical (unpaired) electrons. The maximum Gasteiger partial charge on any atom is 0.224 e. The molecule has 1 saturated carbocycles. The van der Waals surface area contributed by atoms with Crippen LogP contribution in [0.5, 0.6) is 0 Å². The second-order valence-corrected chi connectivity index (χ2v) is 4.28. The molecule has 1 fully saturated rings.